The number of nitrogens with one attached hydrogen (secondary N) is 2. The summed E-state index contributed by atoms with van der Waals surface area (Å²) in [5, 5.41) is 3.15. The Bertz CT molecular complexity index is 1250. The van der Waals surface area contributed by atoms with Gasteiger partial charge in [0.2, 0.25) is 5.91 Å². The van der Waals surface area contributed by atoms with E-state index >= 15 is 0 Å². The highest BCUT2D eigenvalue weighted by molar-refractivity contribution is 5.98. The summed E-state index contributed by atoms with van der Waals surface area (Å²) in [6.07, 6.45) is 0.488. The smallest absolute Gasteiger partial charge is 0.330 e. The summed E-state index contributed by atoms with van der Waals surface area (Å²) >= 11 is 0. The van der Waals surface area contributed by atoms with Crippen LogP contribution in [0.15, 0.2) is 58.1 Å². The number of anilines is 3. The molecule has 3 aromatic rings. The van der Waals surface area contributed by atoms with Crippen LogP contribution in [-0.4, -0.2) is 42.3 Å². The fourth-order valence-electron chi connectivity index (χ4n) is 3.68. The SMILES string of the molecule is COCCCN(C(=O)CNc1cc(C)ccc1C)c1c(N)n(Cc2ccccc2)c(=O)[nH]c1=O. The summed E-state index contributed by atoms with van der Waals surface area (Å²) in [5.74, 6) is -0.408. The van der Waals surface area contributed by atoms with E-state index < -0.39 is 11.2 Å². The quantitative estimate of drug-likeness (QED) is 0.395. The zero-order chi connectivity index (χ0) is 24.7. The molecule has 1 heterocycles. The molecule has 1 amide bonds. The van der Waals surface area contributed by atoms with Crippen molar-refractivity contribution in [2.45, 2.75) is 26.8 Å². The lowest BCUT2D eigenvalue weighted by Gasteiger charge is -2.25. The average molecular weight is 466 g/mol. The van der Waals surface area contributed by atoms with Gasteiger partial charge in [-0.2, -0.15) is 0 Å². The Hall–Kier alpha value is -3.85. The first-order valence-electron chi connectivity index (χ1n) is 11.1. The minimum Gasteiger partial charge on any atom is -0.385 e. The zero-order valence-electron chi connectivity index (χ0n) is 19.8. The molecule has 9 nitrogen and oxygen atoms in total. The summed E-state index contributed by atoms with van der Waals surface area (Å²) in [5.41, 5.74) is 8.68. The predicted octanol–water partition coefficient (Wildman–Crippen LogP) is 2.27. The van der Waals surface area contributed by atoms with Gasteiger partial charge in [0.15, 0.2) is 5.69 Å². The molecule has 4 N–H and O–H groups in total. The van der Waals surface area contributed by atoms with Crippen molar-refractivity contribution >= 4 is 23.1 Å². The van der Waals surface area contributed by atoms with Crippen LogP contribution < -0.4 is 27.2 Å². The fraction of sp³-hybridized carbons (Fsp3) is 0.320. The number of rotatable bonds is 10. The van der Waals surface area contributed by atoms with Gasteiger partial charge in [-0.1, -0.05) is 42.5 Å². The number of nitrogen functional groups attached to an aromatic ring is 1. The Kier molecular flexibility index (Phi) is 8.26. The highest BCUT2D eigenvalue weighted by Crippen LogP contribution is 2.20. The van der Waals surface area contributed by atoms with E-state index in [1.54, 1.807) is 7.11 Å². The lowest BCUT2D eigenvalue weighted by Crippen LogP contribution is -2.44. The van der Waals surface area contributed by atoms with E-state index in [0.717, 1.165) is 22.4 Å². The minimum absolute atomic E-state index is 0.0422. The molecule has 0 unspecified atom stereocenters. The molecule has 0 radical (unpaired) electrons. The molecule has 0 saturated heterocycles. The summed E-state index contributed by atoms with van der Waals surface area (Å²) < 4.78 is 6.39. The maximum atomic E-state index is 13.3. The van der Waals surface area contributed by atoms with Crippen molar-refractivity contribution in [3.63, 3.8) is 0 Å². The number of methoxy groups -OCH3 is 1. The van der Waals surface area contributed by atoms with Crippen LogP contribution in [0.2, 0.25) is 0 Å². The second kappa shape index (κ2) is 11.3. The van der Waals surface area contributed by atoms with Crippen molar-refractivity contribution in [1.29, 1.82) is 0 Å². The summed E-state index contributed by atoms with van der Waals surface area (Å²) in [4.78, 5) is 42.3. The number of hydrogen-bond donors (Lipinski definition) is 3. The van der Waals surface area contributed by atoms with Gasteiger partial charge in [-0.05, 0) is 43.0 Å². The van der Waals surface area contributed by atoms with E-state index in [1.165, 1.54) is 9.47 Å². The third-order valence-corrected chi connectivity index (χ3v) is 5.52. The average Bonchev–Trinajstić information content (AvgIpc) is 2.81. The van der Waals surface area contributed by atoms with Gasteiger partial charge in [0, 0.05) is 25.9 Å². The Labute approximate surface area is 198 Å². The normalized spacial score (nSPS) is 10.8. The van der Waals surface area contributed by atoms with Gasteiger partial charge < -0.3 is 20.7 Å². The van der Waals surface area contributed by atoms with Crippen molar-refractivity contribution in [1.82, 2.24) is 9.55 Å². The van der Waals surface area contributed by atoms with Crippen LogP contribution in [0, 0.1) is 13.8 Å². The summed E-state index contributed by atoms with van der Waals surface area (Å²) in [7, 11) is 1.56. The van der Waals surface area contributed by atoms with Crippen LogP contribution in [-0.2, 0) is 16.1 Å². The van der Waals surface area contributed by atoms with E-state index in [4.69, 9.17) is 10.5 Å². The molecular formula is C25H31N5O4. The number of benzene rings is 2. The van der Waals surface area contributed by atoms with Crippen molar-refractivity contribution in [2.24, 2.45) is 0 Å². The largest absolute Gasteiger partial charge is 0.385 e. The molecule has 0 saturated carbocycles. The number of nitrogens with zero attached hydrogens (tertiary/aromatic N) is 2. The van der Waals surface area contributed by atoms with Crippen LogP contribution in [0.4, 0.5) is 17.2 Å². The Balaban J connectivity index is 1.94. The van der Waals surface area contributed by atoms with Crippen molar-refractivity contribution < 1.29 is 9.53 Å². The van der Waals surface area contributed by atoms with Crippen molar-refractivity contribution in [3.05, 3.63) is 86.1 Å². The maximum Gasteiger partial charge on any atom is 0.330 e. The Morgan fingerprint density at radius 1 is 1.15 bits per heavy atom. The molecule has 2 aromatic carbocycles. The number of carbonyl (C=O) groups is 1. The van der Waals surface area contributed by atoms with E-state index in [0.29, 0.717) is 13.0 Å². The second-order valence-corrected chi connectivity index (χ2v) is 8.13. The molecule has 1 aromatic heterocycles. The molecular weight excluding hydrogens is 434 g/mol. The van der Waals surface area contributed by atoms with Gasteiger partial charge >= 0.3 is 5.69 Å². The molecule has 0 aliphatic rings. The van der Waals surface area contributed by atoms with Crippen LogP contribution >= 0.6 is 0 Å². The lowest BCUT2D eigenvalue weighted by molar-refractivity contribution is -0.117. The van der Waals surface area contributed by atoms with E-state index in [-0.39, 0.29) is 37.0 Å². The number of carbonyl (C=O) groups excluding carboxylic acids is 1. The Morgan fingerprint density at radius 3 is 2.59 bits per heavy atom. The molecule has 0 atom stereocenters. The first kappa shape index (κ1) is 24.8. The molecule has 180 valence electrons. The Morgan fingerprint density at radius 2 is 1.88 bits per heavy atom. The molecule has 0 bridgehead atoms. The number of nitrogens with two attached hydrogens (primary N) is 1. The number of aromatic nitrogens is 2. The monoisotopic (exact) mass is 465 g/mol. The van der Waals surface area contributed by atoms with Crippen molar-refractivity contribution in [3.8, 4) is 0 Å². The molecule has 34 heavy (non-hydrogen) atoms. The number of amides is 1. The van der Waals surface area contributed by atoms with Gasteiger partial charge in [-0.3, -0.25) is 19.1 Å². The molecule has 9 heteroatoms. The predicted molar refractivity (Wildman–Crippen MR) is 135 cm³/mol. The molecule has 0 spiro atoms. The number of aryl methyl sites for hydroxylation is 2. The van der Waals surface area contributed by atoms with E-state index in [9.17, 15) is 14.4 Å². The van der Waals surface area contributed by atoms with Gasteiger partial charge in [-0.15, -0.1) is 0 Å². The van der Waals surface area contributed by atoms with Crippen LogP contribution in [0.25, 0.3) is 0 Å². The zero-order valence-corrected chi connectivity index (χ0v) is 19.8. The highest BCUT2D eigenvalue weighted by Gasteiger charge is 2.24. The highest BCUT2D eigenvalue weighted by atomic mass is 16.5. The fourth-order valence-corrected chi connectivity index (χ4v) is 3.68. The van der Waals surface area contributed by atoms with E-state index in [1.807, 2.05) is 62.4 Å². The van der Waals surface area contributed by atoms with Gasteiger partial charge in [-0.25, -0.2) is 4.79 Å². The van der Waals surface area contributed by atoms with Gasteiger partial charge in [0.05, 0.1) is 13.1 Å². The van der Waals surface area contributed by atoms with Crippen LogP contribution in [0.1, 0.15) is 23.1 Å². The first-order chi connectivity index (χ1) is 16.3. The first-order valence-corrected chi connectivity index (χ1v) is 11.1. The lowest BCUT2D eigenvalue weighted by atomic mass is 10.1. The number of aromatic amines is 1. The molecule has 0 aliphatic carbocycles. The molecule has 0 fully saturated rings. The van der Waals surface area contributed by atoms with Gasteiger partial charge in [0.25, 0.3) is 5.56 Å². The third-order valence-electron chi connectivity index (χ3n) is 5.52. The maximum absolute atomic E-state index is 13.3. The topological polar surface area (TPSA) is 122 Å². The van der Waals surface area contributed by atoms with Crippen LogP contribution in [0.5, 0.6) is 0 Å². The van der Waals surface area contributed by atoms with Crippen molar-refractivity contribution in [2.75, 3.05) is 42.8 Å². The number of ether oxygens (including phenoxy) is 1. The minimum atomic E-state index is -0.704. The van der Waals surface area contributed by atoms with Crippen LogP contribution in [0.3, 0.4) is 0 Å². The molecule has 3 rings (SSSR count). The summed E-state index contributed by atoms with van der Waals surface area (Å²) in [6, 6.07) is 15.2. The standard InChI is InChI=1S/C25H31N5O4/c1-17-10-11-18(2)20(14-17)27-15-21(31)29(12-7-13-34-3)22-23(26)30(25(33)28-24(22)32)16-19-8-5-4-6-9-19/h4-6,8-11,14,27H,7,12-13,15-16,26H2,1-3H3,(H,28,32,33). The third kappa shape index (κ3) is 5.93. The number of hydrogen-bond acceptors (Lipinski definition) is 6. The second-order valence-electron chi connectivity index (χ2n) is 8.13. The van der Waals surface area contributed by atoms with E-state index in [2.05, 4.69) is 10.3 Å². The van der Waals surface area contributed by atoms with Gasteiger partial charge in [0.1, 0.15) is 5.82 Å². The summed E-state index contributed by atoms with van der Waals surface area (Å²) in [6.45, 7) is 4.64. The molecule has 0 aliphatic heterocycles. The number of H-pyrrole nitrogens is 1.